The third kappa shape index (κ3) is 3.48. The number of para-hydroxylation sites is 1. The smallest absolute Gasteiger partial charge is 0.410 e. The molecule has 1 aromatic carbocycles. The zero-order chi connectivity index (χ0) is 16.6. The van der Waals surface area contributed by atoms with Crippen LogP contribution >= 0.6 is 12.4 Å². The van der Waals surface area contributed by atoms with Gasteiger partial charge in [-0.05, 0) is 25.2 Å². The molecule has 0 bridgehead atoms. The molecule has 2 aliphatic heterocycles. The third-order valence-corrected chi connectivity index (χ3v) is 4.66. The molecule has 1 spiro atoms. The Morgan fingerprint density at radius 2 is 2.04 bits per heavy atom. The molecule has 2 aromatic rings. The molecule has 1 aromatic heterocycles. The molecule has 2 aliphatic rings. The number of ether oxygens (including phenoxy) is 1. The van der Waals surface area contributed by atoms with Crippen molar-refractivity contribution >= 4 is 18.5 Å². The van der Waals surface area contributed by atoms with Gasteiger partial charge in [-0.1, -0.05) is 12.1 Å². The molecule has 1 amide bonds. The molecular weight excluding hydrogens is 347 g/mol. The first-order valence-corrected chi connectivity index (χ1v) is 8.12. The number of aromatic nitrogens is 2. The molecule has 1 N–H and O–H groups in total. The minimum Gasteiger partial charge on any atom is -0.441 e. The molecule has 0 radical (unpaired) electrons. The van der Waals surface area contributed by atoms with E-state index in [2.05, 4.69) is 10.4 Å². The summed E-state index contributed by atoms with van der Waals surface area (Å²) in [6.07, 6.45) is 4.80. The highest BCUT2D eigenvalue weighted by Crippen LogP contribution is 2.31. The second kappa shape index (κ2) is 7.01. The number of amides is 1. The number of nitrogens with zero attached hydrogens (tertiary/aromatic N) is 3. The van der Waals surface area contributed by atoms with E-state index in [9.17, 15) is 9.18 Å². The number of hydrogen-bond donors (Lipinski definition) is 1. The van der Waals surface area contributed by atoms with Crippen LogP contribution in [-0.4, -0.2) is 46.0 Å². The lowest BCUT2D eigenvalue weighted by molar-refractivity contribution is 0.0316. The maximum atomic E-state index is 13.8. The summed E-state index contributed by atoms with van der Waals surface area (Å²) in [7, 11) is 0. The van der Waals surface area contributed by atoms with Crippen molar-refractivity contribution in [2.45, 2.75) is 25.0 Å². The van der Waals surface area contributed by atoms with Gasteiger partial charge in [-0.2, -0.15) is 5.10 Å². The topological polar surface area (TPSA) is 59.4 Å². The number of nitrogens with one attached hydrogen (secondary N) is 1. The van der Waals surface area contributed by atoms with Crippen molar-refractivity contribution < 1.29 is 13.9 Å². The van der Waals surface area contributed by atoms with Gasteiger partial charge in [-0.25, -0.2) is 13.9 Å². The monoisotopic (exact) mass is 366 g/mol. The number of carbonyl (C=O) groups is 1. The van der Waals surface area contributed by atoms with Gasteiger partial charge < -0.3 is 10.1 Å². The van der Waals surface area contributed by atoms with Crippen LogP contribution in [0.1, 0.15) is 18.4 Å². The summed E-state index contributed by atoms with van der Waals surface area (Å²) in [4.78, 5) is 13.9. The number of halogens is 2. The van der Waals surface area contributed by atoms with Gasteiger partial charge in [0.15, 0.2) is 0 Å². The lowest BCUT2D eigenvalue weighted by atomic mass is 9.92. The van der Waals surface area contributed by atoms with Crippen LogP contribution < -0.4 is 5.32 Å². The van der Waals surface area contributed by atoms with E-state index in [1.807, 2.05) is 0 Å². The Bertz CT molecular complexity index is 761. The third-order valence-electron chi connectivity index (χ3n) is 4.66. The van der Waals surface area contributed by atoms with E-state index in [1.54, 1.807) is 35.5 Å². The van der Waals surface area contributed by atoms with E-state index in [-0.39, 0.29) is 29.9 Å². The Morgan fingerprint density at radius 1 is 1.28 bits per heavy atom. The first-order chi connectivity index (χ1) is 11.7. The summed E-state index contributed by atoms with van der Waals surface area (Å²) in [6.45, 7) is 2.75. The fourth-order valence-corrected chi connectivity index (χ4v) is 3.39. The number of hydrogen-bond acceptors (Lipinski definition) is 4. The van der Waals surface area contributed by atoms with Crippen LogP contribution in [0.25, 0.3) is 5.69 Å². The molecule has 2 saturated heterocycles. The van der Waals surface area contributed by atoms with Crippen molar-refractivity contribution in [3.63, 3.8) is 0 Å². The highest BCUT2D eigenvalue weighted by Gasteiger charge is 2.45. The van der Waals surface area contributed by atoms with Crippen LogP contribution in [0.5, 0.6) is 0 Å². The van der Waals surface area contributed by atoms with Crippen LogP contribution in [0.4, 0.5) is 9.18 Å². The van der Waals surface area contributed by atoms with Crippen molar-refractivity contribution in [2.24, 2.45) is 0 Å². The maximum Gasteiger partial charge on any atom is 0.410 e. The van der Waals surface area contributed by atoms with Gasteiger partial charge in [-0.15, -0.1) is 12.4 Å². The molecule has 0 unspecified atom stereocenters. The SMILES string of the molecule is Cl.O=C1OC2(CCNCC2)CN1Cc1cnn(-c2ccccc2F)c1. The molecule has 3 heterocycles. The number of piperidine rings is 1. The number of benzene rings is 1. The highest BCUT2D eigenvalue weighted by atomic mass is 35.5. The Labute approximate surface area is 151 Å². The molecule has 0 aliphatic carbocycles. The summed E-state index contributed by atoms with van der Waals surface area (Å²) < 4.78 is 21.0. The number of rotatable bonds is 3. The molecule has 4 rings (SSSR count). The lowest BCUT2D eigenvalue weighted by Gasteiger charge is -2.31. The Hall–Kier alpha value is -2.12. The predicted molar refractivity (Wildman–Crippen MR) is 92.5 cm³/mol. The Morgan fingerprint density at radius 3 is 2.80 bits per heavy atom. The van der Waals surface area contributed by atoms with Crippen molar-refractivity contribution in [2.75, 3.05) is 19.6 Å². The first kappa shape index (κ1) is 17.7. The highest BCUT2D eigenvalue weighted by molar-refractivity contribution is 5.85. The summed E-state index contributed by atoms with van der Waals surface area (Å²) in [6, 6.07) is 6.47. The van der Waals surface area contributed by atoms with Gasteiger partial charge >= 0.3 is 6.09 Å². The molecule has 134 valence electrons. The Kier molecular flexibility index (Phi) is 4.96. The van der Waals surface area contributed by atoms with Crippen molar-refractivity contribution in [3.05, 3.63) is 48.0 Å². The van der Waals surface area contributed by atoms with Crippen LogP contribution in [-0.2, 0) is 11.3 Å². The molecule has 2 fully saturated rings. The largest absolute Gasteiger partial charge is 0.441 e. The Balaban J connectivity index is 0.00000182. The van der Waals surface area contributed by atoms with Crippen LogP contribution in [0.2, 0.25) is 0 Å². The lowest BCUT2D eigenvalue weighted by Crippen LogP contribution is -2.44. The fourth-order valence-electron chi connectivity index (χ4n) is 3.39. The maximum absolute atomic E-state index is 13.8. The summed E-state index contributed by atoms with van der Waals surface area (Å²) in [5.74, 6) is -0.332. The van der Waals surface area contributed by atoms with Crippen molar-refractivity contribution in [3.8, 4) is 5.69 Å². The minimum absolute atomic E-state index is 0. The zero-order valence-corrected chi connectivity index (χ0v) is 14.5. The average molecular weight is 367 g/mol. The average Bonchev–Trinajstić information content (AvgIpc) is 3.14. The van der Waals surface area contributed by atoms with Gasteiger partial charge in [0, 0.05) is 24.6 Å². The van der Waals surface area contributed by atoms with E-state index in [0.717, 1.165) is 31.5 Å². The van der Waals surface area contributed by atoms with Crippen molar-refractivity contribution in [1.29, 1.82) is 0 Å². The zero-order valence-electron chi connectivity index (χ0n) is 13.7. The predicted octanol–water partition coefficient (Wildman–Crippen LogP) is 2.51. The minimum atomic E-state index is -0.357. The first-order valence-electron chi connectivity index (χ1n) is 8.12. The standard InChI is InChI=1S/C17H19FN4O2.ClH/c18-14-3-1-2-4-15(14)22-11-13(9-20-22)10-21-12-17(24-16(21)23)5-7-19-8-6-17;/h1-4,9,11,19H,5-8,10,12H2;1H. The van der Waals surface area contributed by atoms with E-state index < -0.39 is 0 Å². The van der Waals surface area contributed by atoms with Crippen molar-refractivity contribution in [1.82, 2.24) is 20.0 Å². The second-order valence-corrected chi connectivity index (χ2v) is 6.40. The quantitative estimate of drug-likeness (QED) is 0.906. The van der Waals surface area contributed by atoms with Gasteiger partial charge in [0.05, 0.1) is 19.3 Å². The number of carbonyl (C=O) groups excluding carboxylic acids is 1. The second-order valence-electron chi connectivity index (χ2n) is 6.40. The van der Waals surface area contributed by atoms with Crippen LogP contribution in [0.3, 0.4) is 0 Å². The normalized spacial score (nSPS) is 18.9. The van der Waals surface area contributed by atoms with Crippen LogP contribution in [0, 0.1) is 5.82 Å². The molecular formula is C17H20ClFN4O2. The van der Waals surface area contributed by atoms with Gasteiger partial charge in [-0.3, -0.25) is 4.90 Å². The summed E-state index contributed by atoms with van der Waals surface area (Å²) in [5, 5.41) is 7.49. The van der Waals surface area contributed by atoms with Gasteiger partial charge in [0.25, 0.3) is 0 Å². The molecule has 25 heavy (non-hydrogen) atoms. The molecule has 0 saturated carbocycles. The molecule has 6 nitrogen and oxygen atoms in total. The molecule has 0 atom stereocenters. The van der Waals surface area contributed by atoms with E-state index >= 15 is 0 Å². The van der Waals surface area contributed by atoms with Gasteiger partial charge in [0.1, 0.15) is 17.1 Å². The summed E-state index contributed by atoms with van der Waals surface area (Å²) in [5.41, 5.74) is 0.882. The molecule has 8 heteroatoms. The van der Waals surface area contributed by atoms with E-state index in [1.165, 1.54) is 10.7 Å². The van der Waals surface area contributed by atoms with Crippen LogP contribution in [0.15, 0.2) is 36.7 Å². The van der Waals surface area contributed by atoms with Gasteiger partial charge in [0.2, 0.25) is 0 Å². The fraction of sp³-hybridized carbons (Fsp3) is 0.412. The summed E-state index contributed by atoms with van der Waals surface area (Å²) >= 11 is 0. The van der Waals surface area contributed by atoms with E-state index in [0.29, 0.717) is 18.8 Å². The van der Waals surface area contributed by atoms with E-state index in [4.69, 9.17) is 4.74 Å².